The average molecular weight is 240 g/mol. The van der Waals surface area contributed by atoms with Crippen LogP contribution in [-0.4, -0.2) is 29.3 Å². The van der Waals surface area contributed by atoms with Crippen molar-refractivity contribution in [2.45, 2.75) is 52.5 Å². The molecule has 0 bridgehead atoms. The summed E-state index contributed by atoms with van der Waals surface area (Å²) in [5.41, 5.74) is 5.32. The molecule has 0 saturated carbocycles. The van der Waals surface area contributed by atoms with Crippen LogP contribution in [0.3, 0.4) is 0 Å². The van der Waals surface area contributed by atoms with Crippen molar-refractivity contribution >= 4 is 11.8 Å². The van der Waals surface area contributed by atoms with Crippen LogP contribution in [0.2, 0.25) is 0 Å². The number of likely N-dealkylation sites (tertiary alicyclic amines) is 1. The predicted molar refractivity (Wildman–Crippen MR) is 67.2 cm³/mol. The van der Waals surface area contributed by atoms with Crippen molar-refractivity contribution in [1.29, 1.82) is 0 Å². The zero-order chi connectivity index (χ0) is 13.0. The lowest BCUT2D eigenvalue weighted by molar-refractivity contribution is -0.140. The predicted octanol–water partition coefficient (Wildman–Crippen LogP) is 1.53. The Balaban J connectivity index is 2.53. The Hall–Kier alpha value is -1.06. The second-order valence-corrected chi connectivity index (χ2v) is 5.46. The van der Waals surface area contributed by atoms with E-state index in [1.165, 1.54) is 0 Å². The van der Waals surface area contributed by atoms with Crippen LogP contribution in [0.1, 0.15) is 46.5 Å². The quantitative estimate of drug-likeness (QED) is 0.792. The molecule has 0 aliphatic carbocycles. The monoisotopic (exact) mass is 240 g/mol. The Labute approximate surface area is 104 Å². The van der Waals surface area contributed by atoms with Gasteiger partial charge in [-0.2, -0.15) is 0 Å². The fourth-order valence-corrected chi connectivity index (χ4v) is 2.32. The van der Waals surface area contributed by atoms with Gasteiger partial charge in [0.05, 0.1) is 0 Å². The molecule has 0 aromatic carbocycles. The Morgan fingerprint density at radius 3 is 2.47 bits per heavy atom. The molecule has 0 unspecified atom stereocenters. The molecule has 98 valence electrons. The molecular weight excluding hydrogens is 216 g/mol. The summed E-state index contributed by atoms with van der Waals surface area (Å²) < 4.78 is 0. The van der Waals surface area contributed by atoms with Crippen LogP contribution in [0.15, 0.2) is 0 Å². The lowest BCUT2D eigenvalue weighted by Gasteiger charge is -2.25. The Morgan fingerprint density at radius 2 is 1.94 bits per heavy atom. The lowest BCUT2D eigenvalue weighted by Crippen LogP contribution is -2.45. The maximum Gasteiger partial charge on any atom is 0.240 e. The van der Waals surface area contributed by atoms with Gasteiger partial charge in [-0.15, -0.1) is 0 Å². The summed E-state index contributed by atoms with van der Waals surface area (Å²) in [5, 5.41) is 0. The van der Waals surface area contributed by atoms with Crippen LogP contribution in [-0.2, 0) is 9.59 Å². The number of carbonyl (C=O) groups is 2. The zero-order valence-corrected chi connectivity index (χ0v) is 11.1. The molecule has 0 aromatic rings. The molecule has 1 aliphatic rings. The Kier molecular flexibility index (Phi) is 4.97. The van der Waals surface area contributed by atoms with Gasteiger partial charge in [-0.25, -0.2) is 0 Å². The largest absolute Gasteiger partial charge is 0.368 e. The Bertz CT molecular complexity index is 289. The fourth-order valence-electron chi connectivity index (χ4n) is 2.32. The molecule has 1 fully saturated rings. The molecule has 17 heavy (non-hydrogen) atoms. The second-order valence-electron chi connectivity index (χ2n) is 5.46. The van der Waals surface area contributed by atoms with E-state index in [4.69, 9.17) is 5.73 Å². The molecule has 2 amide bonds. The first-order valence-electron chi connectivity index (χ1n) is 6.53. The van der Waals surface area contributed by atoms with E-state index in [9.17, 15) is 9.59 Å². The molecular formula is C13H24N2O2. The van der Waals surface area contributed by atoms with Gasteiger partial charge in [0.15, 0.2) is 0 Å². The van der Waals surface area contributed by atoms with Crippen molar-refractivity contribution in [1.82, 2.24) is 4.90 Å². The molecule has 1 aliphatic heterocycles. The number of nitrogens with zero attached hydrogens (tertiary/aromatic N) is 1. The molecule has 1 heterocycles. The SMILES string of the molecule is CC(C)CC[C@H](C)C(=O)N1CCC[C@H]1C(N)=O. The topological polar surface area (TPSA) is 63.4 Å². The van der Waals surface area contributed by atoms with Crippen LogP contribution < -0.4 is 5.73 Å². The maximum atomic E-state index is 12.2. The molecule has 1 rings (SSSR count). The van der Waals surface area contributed by atoms with Gasteiger partial charge in [-0.05, 0) is 25.2 Å². The third kappa shape index (κ3) is 3.72. The van der Waals surface area contributed by atoms with E-state index in [0.29, 0.717) is 12.5 Å². The van der Waals surface area contributed by atoms with Crippen molar-refractivity contribution in [2.75, 3.05) is 6.54 Å². The third-order valence-electron chi connectivity index (χ3n) is 3.46. The smallest absolute Gasteiger partial charge is 0.240 e. The lowest BCUT2D eigenvalue weighted by atomic mass is 9.98. The summed E-state index contributed by atoms with van der Waals surface area (Å²) in [6, 6.07) is -0.371. The van der Waals surface area contributed by atoms with Gasteiger partial charge >= 0.3 is 0 Å². The number of primary amides is 1. The van der Waals surface area contributed by atoms with E-state index >= 15 is 0 Å². The van der Waals surface area contributed by atoms with Crippen LogP contribution in [0, 0.1) is 11.8 Å². The normalized spacial score (nSPS) is 21.9. The third-order valence-corrected chi connectivity index (χ3v) is 3.46. The summed E-state index contributed by atoms with van der Waals surface area (Å²) in [7, 11) is 0. The van der Waals surface area contributed by atoms with Gasteiger partial charge < -0.3 is 10.6 Å². The van der Waals surface area contributed by atoms with E-state index in [1.807, 2.05) is 6.92 Å². The molecule has 0 radical (unpaired) electrons. The van der Waals surface area contributed by atoms with Gasteiger partial charge in [0.2, 0.25) is 11.8 Å². The minimum Gasteiger partial charge on any atom is -0.368 e. The molecule has 0 spiro atoms. The summed E-state index contributed by atoms with van der Waals surface area (Å²) >= 11 is 0. The van der Waals surface area contributed by atoms with Gasteiger partial charge in [-0.3, -0.25) is 9.59 Å². The maximum absolute atomic E-state index is 12.2. The van der Waals surface area contributed by atoms with Gasteiger partial charge in [0.1, 0.15) is 6.04 Å². The number of nitrogens with two attached hydrogens (primary N) is 1. The first kappa shape index (κ1) is 14.0. The van der Waals surface area contributed by atoms with Crippen LogP contribution >= 0.6 is 0 Å². The molecule has 4 heteroatoms. The van der Waals surface area contributed by atoms with E-state index in [-0.39, 0.29) is 23.8 Å². The van der Waals surface area contributed by atoms with Gasteiger partial charge in [0.25, 0.3) is 0 Å². The van der Waals surface area contributed by atoms with Crippen molar-refractivity contribution in [3.8, 4) is 0 Å². The minimum atomic E-state index is -0.371. The second kappa shape index (κ2) is 6.03. The highest BCUT2D eigenvalue weighted by Gasteiger charge is 2.34. The number of hydrogen-bond donors (Lipinski definition) is 1. The molecule has 2 N–H and O–H groups in total. The highest BCUT2D eigenvalue weighted by Crippen LogP contribution is 2.22. The van der Waals surface area contributed by atoms with Crippen molar-refractivity contribution in [2.24, 2.45) is 17.6 Å². The van der Waals surface area contributed by atoms with E-state index < -0.39 is 0 Å². The fraction of sp³-hybridized carbons (Fsp3) is 0.846. The van der Waals surface area contributed by atoms with Gasteiger partial charge in [0, 0.05) is 12.5 Å². The molecule has 2 atom stereocenters. The number of amides is 2. The molecule has 4 nitrogen and oxygen atoms in total. The van der Waals surface area contributed by atoms with Crippen molar-refractivity contribution < 1.29 is 9.59 Å². The first-order valence-corrected chi connectivity index (χ1v) is 6.53. The van der Waals surface area contributed by atoms with Crippen LogP contribution in [0.25, 0.3) is 0 Å². The van der Waals surface area contributed by atoms with Crippen LogP contribution in [0.5, 0.6) is 0 Å². The summed E-state index contributed by atoms with van der Waals surface area (Å²) in [5.74, 6) is 0.326. The number of hydrogen-bond acceptors (Lipinski definition) is 2. The zero-order valence-electron chi connectivity index (χ0n) is 11.1. The minimum absolute atomic E-state index is 0.00245. The molecule has 1 saturated heterocycles. The highest BCUT2D eigenvalue weighted by atomic mass is 16.2. The molecule has 0 aromatic heterocycles. The highest BCUT2D eigenvalue weighted by molar-refractivity contribution is 5.88. The summed E-state index contributed by atoms with van der Waals surface area (Å²) in [6.07, 6.45) is 3.54. The van der Waals surface area contributed by atoms with E-state index in [2.05, 4.69) is 13.8 Å². The van der Waals surface area contributed by atoms with Crippen molar-refractivity contribution in [3.05, 3.63) is 0 Å². The summed E-state index contributed by atoms with van der Waals surface area (Å²) in [6.45, 7) is 6.93. The van der Waals surface area contributed by atoms with Gasteiger partial charge in [-0.1, -0.05) is 27.2 Å². The van der Waals surface area contributed by atoms with Crippen molar-refractivity contribution in [3.63, 3.8) is 0 Å². The van der Waals surface area contributed by atoms with Crippen LogP contribution in [0.4, 0.5) is 0 Å². The average Bonchev–Trinajstić information content (AvgIpc) is 2.73. The standard InChI is InChI=1S/C13H24N2O2/c1-9(2)6-7-10(3)13(17)15-8-4-5-11(15)12(14)16/h9-11H,4-8H2,1-3H3,(H2,14,16)/t10-,11-/m0/s1. The number of rotatable bonds is 5. The number of carbonyl (C=O) groups excluding carboxylic acids is 2. The first-order chi connectivity index (χ1) is 7.93. The van der Waals surface area contributed by atoms with E-state index in [1.54, 1.807) is 4.90 Å². The summed E-state index contributed by atoms with van der Waals surface area (Å²) in [4.78, 5) is 25.1. The Morgan fingerprint density at radius 1 is 1.29 bits per heavy atom. The van der Waals surface area contributed by atoms with E-state index in [0.717, 1.165) is 25.7 Å².